The van der Waals surface area contributed by atoms with E-state index in [9.17, 15) is 14.7 Å². The number of nitrogens with zero attached hydrogens (tertiary/aromatic N) is 2. The van der Waals surface area contributed by atoms with E-state index in [0.717, 1.165) is 31.2 Å². The van der Waals surface area contributed by atoms with Crippen LogP contribution in [0.1, 0.15) is 41.6 Å². The van der Waals surface area contributed by atoms with Crippen LogP contribution in [0.3, 0.4) is 0 Å². The number of halogens is 2. The van der Waals surface area contributed by atoms with Gasteiger partial charge in [-0.15, -0.1) is 0 Å². The summed E-state index contributed by atoms with van der Waals surface area (Å²) in [6.45, 7) is 0.519. The Balaban J connectivity index is 1.41. The van der Waals surface area contributed by atoms with Crippen LogP contribution < -0.4 is 20.9 Å². The highest BCUT2D eigenvalue weighted by molar-refractivity contribution is 6.39. The standard InChI is InChI=1S/C30H29Cl2N5O4/c1-41-30-17(16-33-23-9-2-3-11-25(23)38)12-13-22(36-30)20-8-4-6-18(26(20)31)19-7-5-10-24(27(19)32)35-28(39)21-14-15-34-37-29(21)40/h4-8,10,12-15,23,25,33,38H,2-3,9,11,16H2,1H3,(H,35,39)(H,37,40). The molecular formula is C30H29Cl2N5O4. The van der Waals surface area contributed by atoms with Crippen molar-refractivity contribution in [3.05, 3.63) is 92.3 Å². The number of aliphatic hydroxyl groups excluding tert-OH is 1. The van der Waals surface area contributed by atoms with Gasteiger partial charge in [0.2, 0.25) is 5.88 Å². The number of carbonyl (C=O) groups excluding carboxylic acids is 1. The third-order valence-electron chi connectivity index (χ3n) is 7.20. The molecule has 0 bridgehead atoms. The van der Waals surface area contributed by atoms with E-state index in [0.29, 0.717) is 45.5 Å². The Bertz CT molecular complexity index is 1630. The van der Waals surface area contributed by atoms with Crippen molar-refractivity contribution in [2.75, 3.05) is 12.4 Å². The van der Waals surface area contributed by atoms with Gasteiger partial charge in [-0.3, -0.25) is 9.59 Å². The lowest BCUT2D eigenvalue weighted by Gasteiger charge is -2.28. The van der Waals surface area contributed by atoms with Crippen LogP contribution in [-0.4, -0.2) is 45.5 Å². The maximum absolute atomic E-state index is 12.7. The van der Waals surface area contributed by atoms with E-state index >= 15 is 0 Å². The molecule has 1 aliphatic rings. The van der Waals surface area contributed by atoms with Gasteiger partial charge in [-0.25, -0.2) is 10.1 Å². The number of pyridine rings is 1. The minimum atomic E-state index is -0.614. The van der Waals surface area contributed by atoms with E-state index in [2.05, 4.69) is 20.8 Å². The molecule has 1 aliphatic carbocycles. The molecular weight excluding hydrogens is 565 g/mol. The topological polar surface area (TPSA) is 129 Å². The number of aliphatic hydroxyl groups is 1. The molecule has 1 fully saturated rings. The van der Waals surface area contributed by atoms with Crippen LogP contribution in [0.2, 0.25) is 10.0 Å². The van der Waals surface area contributed by atoms with Crippen LogP contribution in [0.4, 0.5) is 5.69 Å². The first kappa shape index (κ1) is 28.8. The molecule has 0 radical (unpaired) electrons. The number of hydrogen-bond donors (Lipinski definition) is 4. The van der Waals surface area contributed by atoms with Gasteiger partial charge in [-0.1, -0.05) is 72.4 Å². The highest BCUT2D eigenvalue weighted by Crippen LogP contribution is 2.41. The molecule has 0 spiro atoms. The Labute approximate surface area is 246 Å². The van der Waals surface area contributed by atoms with Crippen LogP contribution in [-0.2, 0) is 6.54 Å². The first-order valence-corrected chi connectivity index (χ1v) is 14.0. The SMILES string of the molecule is COc1nc(-c2cccc(-c3cccc(NC(=O)c4ccn[nH]c4=O)c3Cl)c2Cl)ccc1CNC1CCCCC1O. The van der Waals surface area contributed by atoms with Crippen molar-refractivity contribution in [2.24, 2.45) is 0 Å². The van der Waals surface area contributed by atoms with Gasteiger partial charge < -0.3 is 20.5 Å². The highest BCUT2D eigenvalue weighted by atomic mass is 35.5. The average Bonchev–Trinajstić information content (AvgIpc) is 2.98. The molecule has 9 nitrogen and oxygen atoms in total. The number of H-pyrrole nitrogens is 1. The van der Waals surface area contributed by atoms with E-state index in [4.69, 9.17) is 32.9 Å². The second-order valence-electron chi connectivity index (χ2n) is 9.79. The van der Waals surface area contributed by atoms with Crippen molar-refractivity contribution in [3.8, 4) is 28.3 Å². The van der Waals surface area contributed by atoms with E-state index in [1.807, 2.05) is 30.3 Å². The number of nitrogens with one attached hydrogen (secondary N) is 3. The third kappa shape index (κ3) is 6.28. The zero-order chi connectivity index (χ0) is 28.9. The second kappa shape index (κ2) is 12.8. The number of benzene rings is 2. The fourth-order valence-corrected chi connectivity index (χ4v) is 5.61. The number of rotatable bonds is 8. The first-order valence-electron chi connectivity index (χ1n) is 13.3. The van der Waals surface area contributed by atoms with E-state index in [1.165, 1.54) is 12.3 Å². The summed E-state index contributed by atoms with van der Waals surface area (Å²) in [4.78, 5) is 29.4. The van der Waals surface area contributed by atoms with Gasteiger partial charge in [-0.2, -0.15) is 5.10 Å². The lowest BCUT2D eigenvalue weighted by atomic mass is 9.92. The van der Waals surface area contributed by atoms with E-state index in [1.54, 1.807) is 25.3 Å². The summed E-state index contributed by atoms with van der Waals surface area (Å²) >= 11 is 13.6. The number of aromatic nitrogens is 3. The molecule has 2 aromatic carbocycles. The molecule has 4 aromatic rings. The normalized spacial score (nSPS) is 16.8. The Hall–Kier alpha value is -3.76. The summed E-state index contributed by atoms with van der Waals surface area (Å²) in [7, 11) is 1.57. The summed E-state index contributed by atoms with van der Waals surface area (Å²) in [5.74, 6) is -0.146. The summed E-state index contributed by atoms with van der Waals surface area (Å²) in [5.41, 5.74) is 3.04. The molecule has 1 saturated carbocycles. The number of methoxy groups -OCH3 is 1. The zero-order valence-corrected chi connectivity index (χ0v) is 23.8. The van der Waals surface area contributed by atoms with Gasteiger partial charge in [0.25, 0.3) is 11.5 Å². The maximum atomic E-state index is 12.7. The van der Waals surface area contributed by atoms with Gasteiger partial charge in [0.1, 0.15) is 5.56 Å². The number of anilines is 1. The third-order valence-corrected chi connectivity index (χ3v) is 8.01. The monoisotopic (exact) mass is 593 g/mol. The summed E-state index contributed by atoms with van der Waals surface area (Å²) in [6, 6.07) is 15.9. The molecule has 0 aliphatic heterocycles. The second-order valence-corrected chi connectivity index (χ2v) is 10.5. The molecule has 2 heterocycles. The van der Waals surface area contributed by atoms with Crippen molar-refractivity contribution < 1.29 is 14.6 Å². The molecule has 2 unspecified atom stereocenters. The van der Waals surface area contributed by atoms with Gasteiger partial charge in [0.15, 0.2) is 0 Å². The highest BCUT2D eigenvalue weighted by Gasteiger charge is 2.23. The van der Waals surface area contributed by atoms with Gasteiger partial charge in [0.05, 0.1) is 34.6 Å². The summed E-state index contributed by atoms with van der Waals surface area (Å²) in [5, 5.41) is 23.0. The van der Waals surface area contributed by atoms with Gasteiger partial charge in [0, 0.05) is 41.0 Å². The minimum Gasteiger partial charge on any atom is -0.481 e. The molecule has 41 heavy (non-hydrogen) atoms. The van der Waals surface area contributed by atoms with Crippen LogP contribution in [0, 0.1) is 0 Å². The Morgan fingerprint density at radius 3 is 2.51 bits per heavy atom. The predicted molar refractivity (Wildman–Crippen MR) is 160 cm³/mol. The molecule has 212 valence electrons. The van der Waals surface area contributed by atoms with Crippen LogP contribution in [0.15, 0.2) is 65.6 Å². The molecule has 5 rings (SSSR count). The fraction of sp³-hybridized carbons (Fsp3) is 0.267. The van der Waals surface area contributed by atoms with Crippen molar-refractivity contribution in [3.63, 3.8) is 0 Å². The lowest BCUT2D eigenvalue weighted by molar-refractivity contribution is 0.0901. The number of amides is 1. The van der Waals surface area contributed by atoms with Crippen LogP contribution in [0.25, 0.3) is 22.4 Å². The number of hydrogen-bond acceptors (Lipinski definition) is 7. The quantitative estimate of drug-likeness (QED) is 0.213. The largest absolute Gasteiger partial charge is 0.481 e. The minimum absolute atomic E-state index is 0.0509. The van der Waals surface area contributed by atoms with Crippen molar-refractivity contribution in [2.45, 2.75) is 44.4 Å². The zero-order valence-electron chi connectivity index (χ0n) is 22.3. The van der Waals surface area contributed by atoms with Crippen LogP contribution >= 0.6 is 23.2 Å². The molecule has 11 heteroatoms. The van der Waals surface area contributed by atoms with Crippen molar-refractivity contribution in [1.82, 2.24) is 20.5 Å². The first-order chi connectivity index (χ1) is 19.9. The molecule has 0 saturated heterocycles. The molecule has 2 atom stereocenters. The molecule has 4 N–H and O–H groups in total. The number of carbonyl (C=O) groups is 1. The maximum Gasteiger partial charge on any atom is 0.277 e. The Morgan fingerprint density at radius 1 is 1.02 bits per heavy atom. The van der Waals surface area contributed by atoms with Gasteiger partial charge in [-0.05, 0) is 31.0 Å². The van der Waals surface area contributed by atoms with Crippen molar-refractivity contribution >= 4 is 34.8 Å². The Kier molecular flexibility index (Phi) is 8.99. The average molecular weight is 594 g/mol. The fourth-order valence-electron chi connectivity index (χ4n) is 5.01. The van der Waals surface area contributed by atoms with E-state index in [-0.39, 0.29) is 22.7 Å². The van der Waals surface area contributed by atoms with Gasteiger partial charge >= 0.3 is 0 Å². The summed E-state index contributed by atoms with van der Waals surface area (Å²) < 4.78 is 5.60. The lowest BCUT2D eigenvalue weighted by Crippen LogP contribution is -2.41. The van der Waals surface area contributed by atoms with Crippen LogP contribution in [0.5, 0.6) is 5.88 Å². The number of ether oxygens (including phenoxy) is 1. The van der Waals surface area contributed by atoms with Crippen molar-refractivity contribution in [1.29, 1.82) is 0 Å². The Morgan fingerprint density at radius 2 is 1.76 bits per heavy atom. The number of aromatic amines is 1. The van der Waals surface area contributed by atoms with E-state index < -0.39 is 11.5 Å². The molecule has 2 aromatic heterocycles. The predicted octanol–water partition coefficient (Wildman–Crippen LogP) is 5.46. The molecule has 1 amide bonds. The summed E-state index contributed by atoms with van der Waals surface area (Å²) in [6.07, 6.45) is 4.88. The smallest absolute Gasteiger partial charge is 0.277 e.